The van der Waals surface area contributed by atoms with Gasteiger partial charge in [-0.15, -0.1) is 0 Å². The third kappa shape index (κ3) is 6.14. The van der Waals surface area contributed by atoms with Crippen LogP contribution in [0.3, 0.4) is 0 Å². The Hall–Kier alpha value is -2.42. The maximum atomic E-state index is 12.7. The number of carbonyl (C=O) groups is 2. The Balaban J connectivity index is 1.88. The largest absolute Gasteiger partial charge is 0.462 e. The van der Waals surface area contributed by atoms with E-state index in [9.17, 15) is 9.59 Å². The van der Waals surface area contributed by atoms with Crippen LogP contribution in [0.15, 0.2) is 54.6 Å². The van der Waals surface area contributed by atoms with Crippen molar-refractivity contribution >= 4 is 11.8 Å². The van der Waals surface area contributed by atoms with Crippen LogP contribution in [0, 0.1) is 5.92 Å². The van der Waals surface area contributed by atoms with E-state index < -0.39 is 5.97 Å². The van der Waals surface area contributed by atoms with Crippen LogP contribution in [0.25, 0.3) is 0 Å². The minimum Gasteiger partial charge on any atom is -0.462 e. The van der Waals surface area contributed by atoms with Gasteiger partial charge >= 0.3 is 5.97 Å². The lowest BCUT2D eigenvalue weighted by molar-refractivity contribution is 0.0495. The molecule has 2 aromatic rings. The Morgan fingerprint density at radius 1 is 0.808 bits per heavy atom. The quantitative estimate of drug-likeness (QED) is 0.314. The first kappa shape index (κ1) is 19.9. The lowest BCUT2D eigenvalue weighted by atomic mass is 9.98. The molecule has 0 spiro atoms. The van der Waals surface area contributed by atoms with E-state index in [0.717, 1.165) is 18.8 Å². The van der Waals surface area contributed by atoms with Gasteiger partial charge in [-0.2, -0.15) is 0 Å². The van der Waals surface area contributed by atoms with Crippen LogP contribution in [0.5, 0.6) is 0 Å². The normalized spacial score (nSPS) is 10.7. The molecule has 0 aliphatic heterocycles. The Morgan fingerprint density at radius 3 is 2.12 bits per heavy atom. The zero-order valence-electron chi connectivity index (χ0n) is 15.7. The van der Waals surface area contributed by atoms with Crippen LogP contribution >= 0.6 is 0 Å². The number of benzene rings is 2. The van der Waals surface area contributed by atoms with Crippen molar-refractivity contribution < 1.29 is 14.3 Å². The molecule has 2 aromatic carbocycles. The molecule has 0 amide bonds. The zero-order valence-corrected chi connectivity index (χ0v) is 15.7. The Labute approximate surface area is 156 Å². The summed E-state index contributed by atoms with van der Waals surface area (Å²) in [6.07, 6.45) is 5.55. The summed E-state index contributed by atoms with van der Waals surface area (Å²) in [4.78, 5) is 25.1. The van der Waals surface area contributed by atoms with Gasteiger partial charge in [0, 0.05) is 11.1 Å². The van der Waals surface area contributed by atoms with Crippen molar-refractivity contribution in [3.8, 4) is 0 Å². The maximum absolute atomic E-state index is 12.7. The highest BCUT2D eigenvalue weighted by Gasteiger charge is 2.18. The summed E-state index contributed by atoms with van der Waals surface area (Å²) in [6, 6.07) is 15.8. The van der Waals surface area contributed by atoms with Crippen LogP contribution in [-0.4, -0.2) is 18.4 Å². The fraction of sp³-hybridized carbons (Fsp3) is 0.391. The van der Waals surface area contributed by atoms with Crippen molar-refractivity contribution in [3.63, 3.8) is 0 Å². The maximum Gasteiger partial charge on any atom is 0.338 e. The number of rotatable bonds is 10. The number of hydrogen-bond donors (Lipinski definition) is 0. The first-order valence-electron chi connectivity index (χ1n) is 9.45. The molecule has 0 saturated heterocycles. The second-order valence-electron chi connectivity index (χ2n) is 6.97. The second-order valence-corrected chi connectivity index (χ2v) is 6.97. The van der Waals surface area contributed by atoms with Gasteiger partial charge in [-0.05, 0) is 18.4 Å². The number of esters is 1. The molecule has 3 heteroatoms. The van der Waals surface area contributed by atoms with Gasteiger partial charge in [-0.1, -0.05) is 88.1 Å². The molecule has 0 atom stereocenters. The fourth-order valence-corrected chi connectivity index (χ4v) is 2.85. The Bertz CT molecular complexity index is 704. The molecule has 0 aromatic heterocycles. The van der Waals surface area contributed by atoms with Crippen molar-refractivity contribution in [3.05, 3.63) is 71.3 Å². The molecule has 0 heterocycles. The topological polar surface area (TPSA) is 43.4 Å². The zero-order chi connectivity index (χ0) is 18.8. The summed E-state index contributed by atoms with van der Waals surface area (Å²) in [6.45, 7) is 4.86. The highest BCUT2D eigenvalue weighted by Crippen LogP contribution is 2.16. The van der Waals surface area contributed by atoms with Gasteiger partial charge in [0.25, 0.3) is 0 Å². The lowest BCUT2D eigenvalue weighted by Crippen LogP contribution is -2.13. The van der Waals surface area contributed by atoms with E-state index in [2.05, 4.69) is 13.8 Å². The molecule has 0 radical (unpaired) electrons. The van der Waals surface area contributed by atoms with Crippen LogP contribution in [-0.2, 0) is 4.74 Å². The minimum atomic E-state index is -0.424. The number of ether oxygens (including phenoxy) is 1. The van der Waals surface area contributed by atoms with Crippen molar-refractivity contribution in [2.45, 2.75) is 46.0 Å². The third-order valence-electron chi connectivity index (χ3n) is 4.34. The summed E-state index contributed by atoms with van der Waals surface area (Å²) in [5.74, 6) is 0.158. The Morgan fingerprint density at radius 2 is 1.42 bits per heavy atom. The van der Waals surface area contributed by atoms with Crippen molar-refractivity contribution in [2.75, 3.05) is 6.61 Å². The molecule has 3 nitrogen and oxygen atoms in total. The SMILES string of the molecule is CC(C)CCCCCCOC(=O)c1ccccc1C(=O)c1ccccc1. The van der Waals surface area contributed by atoms with E-state index in [1.54, 1.807) is 36.4 Å². The molecule has 2 rings (SSSR count). The van der Waals surface area contributed by atoms with Gasteiger partial charge in [0.05, 0.1) is 12.2 Å². The monoisotopic (exact) mass is 352 g/mol. The standard InChI is InChI=1S/C23H28O3/c1-18(2)12-6-3-4-11-17-26-23(25)21-16-10-9-15-20(21)22(24)19-13-7-5-8-14-19/h5,7-10,13-16,18H,3-4,6,11-12,17H2,1-2H3. The number of hydrogen-bond acceptors (Lipinski definition) is 3. The molecular formula is C23H28O3. The highest BCUT2D eigenvalue weighted by atomic mass is 16.5. The van der Waals surface area contributed by atoms with E-state index in [1.807, 2.05) is 18.2 Å². The molecule has 0 bridgehead atoms. The molecule has 0 N–H and O–H groups in total. The fourth-order valence-electron chi connectivity index (χ4n) is 2.85. The molecule has 0 fully saturated rings. The smallest absolute Gasteiger partial charge is 0.338 e. The van der Waals surface area contributed by atoms with Gasteiger partial charge in [0.1, 0.15) is 0 Å². The second kappa shape index (κ2) is 10.5. The van der Waals surface area contributed by atoms with Crippen LogP contribution in [0.1, 0.15) is 72.2 Å². The molecule has 138 valence electrons. The summed E-state index contributed by atoms with van der Waals surface area (Å²) in [5, 5.41) is 0. The summed E-state index contributed by atoms with van der Waals surface area (Å²) in [7, 11) is 0. The Kier molecular flexibility index (Phi) is 8.07. The van der Waals surface area contributed by atoms with Crippen LogP contribution in [0.4, 0.5) is 0 Å². The highest BCUT2D eigenvalue weighted by molar-refractivity contribution is 6.14. The summed E-state index contributed by atoms with van der Waals surface area (Å²) >= 11 is 0. The number of carbonyl (C=O) groups excluding carboxylic acids is 2. The van der Waals surface area contributed by atoms with E-state index in [-0.39, 0.29) is 5.78 Å². The van der Waals surface area contributed by atoms with E-state index >= 15 is 0 Å². The van der Waals surface area contributed by atoms with Crippen molar-refractivity contribution in [2.24, 2.45) is 5.92 Å². The van der Waals surface area contributed by atoms with Gasteiger partial charge in [0.15, 0.2) is 5.78 Å². The number of ketones is 1. The van der Waals surface area contributed by atoms with Crippen molar-refractivity contribution in [1.29, 1.82) is 0 Å². The van der Waals surface area contributed by atoms with Crippen LogP contribution < -0.4 is 0 Å². The lowest BCUT2D eigenvalue weighted by Gasteiger charge is -2.09. The summed E-state index contributed by atoms with van der Waals surface area (Å²) < 4.78 is 5.39. The molecule has 0 unspecified atom stereocenters. The van der Waals surface area contributed by atoms with Gasteiger partial charge < -0.3 is 4.74 Å². The average Bonchev–Trinajstić information content (AvgIpc) is 2.67. The molecule has 0 saturated carbocycles. The third-order valence-corrected chi connectivity index (χ3v) is 4.34. The van der Waals surface area contributed by atoms with E-state index in [4.69, 9.17) is 4.74 Å². The predicted molar refractivity (Wildman–Crippen MR) is 105 cm³/mol. The van der Waals surface area contributed by atoms with Gasteiger partial charge in [-0.3, -0.25) is 4.79 Å². The van der Waals surface area contributed by atoms with Crippen LogP contribution in [0.2, 0.25) is 0 Å². The molecule has 0 aliphatic rings. The summed E-state index contributed by atoms with van der Waals surface area (Å²) in [5.41, 5.74) is 1.29. The molecular weight excluding hydrogens is 324 g/mol. The van der Waals surface area contributed by atoms with E-state index in [1.165, 1.54) is 19.3 Å². The molecule has 0 aliphatic carbocycles. The first-order chi connectivity index (χ1) is 12.6. The van der Waals surface area contributed by atoms with Crippen molar-refractivity contribution in [1.82, 2.24) is 0 Å². The average molecular weight is 352 g/mol. The van der Waals surface area contributed by atoms with E-state index in [0.29, 0.717) is 23.3 Å². The minimum absolute atomic E-state index is 0.160. The van der Waals surface area contributed by atoms with Gasteiger partial charge in [-0.25, -0.2) is 4.79 Å². The number of unbranched alkanes of at least 4 members (excludes halogenated alkanes) is 3. The first-order valence-corrected chi connectivity index (χ1v) is 9.45. The molecule has 26 heavy (non-hydrogen) atoms. The van der Waals surface area contributed by atoms with Gasteiger partial charge in [0.2, 0.25) is 0 Å². The predicted octanol–water partition coefficient (Wildman–Crippen LogP) is 5.68.